The van der Waals surface area contributed by atoms with Gasteiger partial charge in [0.25, 0.3) is 0 Å². The number of benzene rings is 1. The second-order valence-electron chi connectivity index (χ2n) is 6.77. The lowest BCUT2D eigenvalue weighted by Crippen LogP contribution is -2.58. The topological polar surface area (TPSA) is 104 Å². The third-order valence-corrected chi connectivity index (χ3v) is 6.06. The zero-order valence-electron chi connectivity index (χ0n) is 15.6. The van der Waals surface area contributed by atoms with Gasteiger partial charge in [-0.15, -0.1) is 11.3 Å². The Morgan fingerprint density at radius 2 is 2.14 bits per heavy atom. The van der Waals surface area contributed by atoms with Crippen molar-refractivity contribution in [1.29, 1.82) is 0 Å². The van der Waals surface area contributed by atoms with Gasteiger partial charge in [-0.2, -0.15) is 0 Å². The van der Waals surface area contributed by atoms with E-state index >= 15 is 0 Å². The van der Waals surface area contributed by atoms with Crippen LogP contribution in [0.5, 0.6) is 0 Å². The summed E-state index contributed by atoms with van der Waals surface area (Å²) in [5.74, 6) is 0.329. The van der Waals surface area contributed by atoms with Crippen molar-refractivity contribution in [3.63, 3.8) is 0 Å². The molecule has 0 saturated carbocycles. The van der Waals surface area contributed by atoms with Gasteiger partial charge in [-0.3, -0.25) is 10.1 Å². The predicted octanol–water partition coefficient (Wildman–Crippen LogP) is 3.19. The minimum absolute atomic E-state index is 0.0992. The summed E-state index contributed by atoms with van der Waals surface area (Å²) in [6.07, 6.45) is 1.42. The lowest BCUT2D eigenvalue weighted by molar-refractivity contribution is -0.139. The number of nitrogens with two attached hydrogens (primary N) is 1. The molecule has 1 saturated heterocycles. The first-order chi connectivity index (χ1) is 13.9. The molecule has 0 bridgehead atoms. The van der Waals surface area contributed by atoms with Crippen molar-refractivity contribution in [2.75, 3.05) is 24.1 Å². The van der Waals surface area contributed by atoms with Crippen LogP contribution in [0.4, 0.5) is 15.6 Å². The van der Waals surface area contributed by atoms with Crippen molar-refractivity contribution in [2.45, 2.75) is 19.5 Å². The number of urea groups is 1. The number of amides is 3. The lowest BCUT2D eigenvalue weighted by Gasteiger charge is -2.39. The molecule has 3 aromatic rings. The Morgan fingerprint density at radius 3 is 2.90 bits per heavy atom. The maximum Gasteiger partial charge on any atom is 0.323 e. The number of piperazine rings is 1. The largest absolute Gasteiger partial charge is 0.383 e. The van der Waals surface area contributed by atoms with Crippen LogP contribution in [-0.2, 0) is 11.3 Å². The second kappa shape index (κ2) is 7.84. The molecule has 3 heterocycles. The number of thiophene rings is 1. The average Bonchev–Trinajstić information content (AvgIpc) is 3.10. The van der Waals surface area contributed by atoms with Gasteiger partial charge in [0, 0.05) is 25.0 Å². The normalized spacial score (nSPS) is 17.0. The van der Waals surface area contributed by atoms with Gasteiger partial charge in [-0.25, -0.2) is 14.8 Å². The Morgan fingerprint density at radius 1 is 1.31 bits per heavy atom. The van der Waals surface area contributed by atoms with Crippen molar-refractivity contribution >= 4 is 56.6 Å². The number of hydrogen-bond acceptors (Lipinski definition) is 6. The fourth-order valence-electron chi connectivity index (χ4n) is 3.37. The van der Waals surface area contributed by atoms with Crippen LogP contribution in [0.3, 0.4) is 0 Å². The molecule has 10 heteroatoms. The third-order valence-electron chi connectivity index (χ3n) is 4.92. The van der Waals surface area contributed by atoms with Crippen LogP contribution in [0, 0.1) is 0 Å². The number of nitrogen functional groups attached to an aromatic ring is 1. The van der Waals surface area contributed by atoms with Crippen LogP contribution in [0.1, 0.15) is 12.5 Å². The Hall–Kier alpha value is -2.91. The fourth-order valence-corrected chi connectivity index (χ4v) is 4.30. The molecule has 1 atom stereocenters. The van der Waals surface area contributed by atoms with Crippen molar-refractivity contribution in [3.8, 4) is 0 Å². The number of nitrogens with one attached hydrogen (secondary N) is 1. The molecule has 3 N–H and O–H groups in total. The molecule has 150 valence electrons. The summed E-state index contributed by atoms with van der Waals surface area (Å²) in [7, 11) is 0. The summed E-state index contributed by atoms with van der Waals surface area (Å²) >= 11 is 7.18. The Balaban J connectivity index is 1.44. The Bertz CT molecular complexity index is 1090. The van der Waals surface area contributed by atoms with E-state index in [1.165, 1.54) is 17.7 Å². The number of aromatic nitrogens is 2. The number of carbonyl (C=O) groups excluding carboxylic acids is 2. The van der Waals surface area contributed by atoms with Crippen molar-refractivity contribution in [3.05, 3.63) is 46.6 Å². The molecule has 1 aliphatic rings. The number of halogens is 1. The third kappa shape index (κ3) is 3.96. The van der Waals surface area contributed by atoms with E-state index < -0.39 is 6.04 Å². The first kappa shape index (κ1) is 19.4. The first-order valence-corrected chi connectivity index (χ1v) is 10.2. The Kier molecular flexibility index (Phi) is 5.25. The van der Waals surface area contributed by atoms with E-state index in [2.05, 4.69) is 15.3 Å². The molecule has 2 aromatic heterocycles. The number of fused-ring (bicyclic) bond motifs is 1. The minimum Gasteiger partial charge on any atom is -0.383 e. The van der Waals surface area contributed by atoms with Gasteiger partial charge in [-0.1, -0.05) is 17.7 Å². The highest BCUT2D eigenvalue weighted by atomic mass is 35.5. The number of nitrogens with zero attached hydrogens (tertiary/aromatic N) is 4. The van der Waals surface area contributed by atoms with E-state index in [0.717, 1.165) is 16.5 Å². The molecule has 4 rings (SSSR count). The molecule has 1 aliphatic heterocycles. The van der Waals surface area contributed by atoms with E-state index in [0.29, 0.717) is 34.8 Å². The van der Waals surface area contributed by atoms with Crippen molar-refractivity contribution in [1.82, 2.24) is 19.8 Å². The van der Waals surface area contributed by atoms with Crippen LogP contribution in [0.25, 0.3) is 10.9 Å². The standard InChI is InChI=1S/C19H19ClN6O2S/c1-11-18(27)25(6-7-26(11)19(28)24-16-5-4-15(20)29-16)9-12-2-3-13-14(8-12)22-10-23-17(13)21/h2-5,8,10-11H,6-7,9H2,1H3,(H,24,28)(H2,21,22,23)/t11-/m0/s1. The van der Waals surface area contributed by atoms with Crippen LogP contribution in [0.2, 0.25) is 4.34 Å². The molecule has 0 unspecified atom stereocenters. The van der Waals surface area contributed by atoms with Crippen LogP contribution < -0.4 is 11.1 Å². The highest BCUT2D eigenvalue weighted by molar-refractivity contribution is 7.20. The van der Waals surface area contributed by atoms with E-state index in [9.17, 15) is 9.59 Å². The van der Waals surface area contributed by atoms with Crippen LogP contribution in [-0.4, -0.2) is 50.8 Å². The minimum atomic E-state index is -0.558. The van der Waals surface area contributed by atoms with Gasteiger partial charge in [0.05, 0.1) is 14.9 Å². The molecule has 8 nitrogen and oxygen atoms in total. The first-order valence-electron chi connectivity index (χ1n) is 9.03. The van der Waals surface area contributed by atoms with Gasteiger partial charge in [0.2, 0.25) is 5.91 Å². The molecule has 1 aromatic carbocycles. The zero-order chi connectivity index (χ0) is 20.5. The quantitative estimate of drug-likeness (QED) is 0.664. The highest BCUT2D eigenvalue weighted by Crippen LogP contribution is 2.27. The van der Waals surface area contributed by atoms with E-state index in [4.69, 9.17) is 17.3 Å². The maximum atomic E-state index is 12.9. The molecule has 29 heavy (non-hydrogen) atoms. The number of carbonyl (C=O) groups is 2. The van der Waals surface area contributed by atoms with E-state index in [1.54, 1.807) is 28.9 Å². The second-order valence-corrected chi connectivity index (χ2v) is 8.49. The summed E-state index contributed by atoms with van der Waals surface area (Å²) < 4.78 is 0.594. The monoisotopic (exact) mass is 430 g/mol. The van der Waals surface area contributed by atoms with Crippen molar-refractivity contribution in [2.24, 2.45) is 0 Å². The molecule has 3 amide bonds. The molecular weight excluding hydrogens is 412 g/mol. The fraction of sp³-hybridized carbons (Fsp3) is 0.263. The van der Waals surface area contributed by atoms with Gasteiger partial charge >= 0.3 is 6.03 Å². The molecule has 1 fully saturated rings. The SMILES string of the molecule is C[C@H]1C(=O)N(Cc2ccc3c(N)ncnc3c2)CCN1C(=O)Nc1ccc(Cl)s1. The average molecular weight is 431 g/mol. The van der Waals surface area contributed by atoms with Gasteiger partial charge < -0.3 is 15.5 Å². The summed E-state index contributed by atoms with van der Waals surface area (Å²) in [6, 6.07) is 8.29. The molecule has 0 spiro atoms. The summed E-state index contributed by atoms with van der Waals surface area (Å²) in [5.41, 5.74) is 7.55. The van der Waals surface area contributed by atoms with Crippen LogP contribution >= 0.6 is 22.9 Å². The van der Waals surface area contributed by atoms with Gasteiger partial charge in [0.15, 0.2) is 0 Å². The van der Waals surface area contributed by atoms with Crippen molar-refractivity contribution < 1.29 is 9.59 Å². The van der Waals surface area contributed by atoms with E-state index in [1.807, 2.05) is 18.2 Å². The van der Waals surface area contributed by atoms with Gasteiger partial charge in [-0.05, 0) is 36.8 Å². The summed E-state index contributed by atoms with van der Waals surface area (Å²) in [4.78, 5) is 36.9. The predicted molar refractivity (Wildman–Crippen MR) is 114 cm³/mol. The van der Waals surface area contributed by atoms with Gasteiger partial charge in [0.1, 0.15) is 18.2 Å². The molecular formula is C19H19ClN6O2S. The number of hydrogen-bond donors (Lipinski definition) is 2. The van der Waals surface area contributed by atoms with Crippen LogP contribution in [0.15, 0.2) is 36.7 Å². The summed E-state index contributed by atoms with van der Waals surface area (Å²) in [6.45, 7) is 3.08. The maximum absolute atomic E-state index is 12.9. The zero-order valence-corrected chi connectivity index (χ0v) is 17.2. The molecule has 0 aliphatic carbocycles. The molecule has 0 radical (unpaired) electrons. The van der Waals surface area contributed by atoms with E-state index in [-0.39, 0.29) is 11.9 Å². The smallest absolute Gasteiger partial charge is 0.323 e. The number of rotatable bonds is 3. The lowest BCUT2D eigenvalue weighted by atomic mass is 10.1. The Labute approximate surface area is 176 Å². The highest BCUT2D eigenvalue weighted by Gasteiger charge is 2.34. The number of anilines is 2. The summed E-state index contributed by atoms with van der Waals surface area (Å²) in [5, 5.41) is 4.23.